The van der Waals surface area contributed by atoms with Crippen molar-refractivity contribution < 1.29 is 0 Å². The molecule has 1 aromatic carbocycles. The van der Waals surface area contributed by atoms with E-state index in [-0.39, 0.29) is 33.2 Å². The van der Waals surface area contributed by atoms with Gasteiger partial charge in [0.25, 0.3) is 0 Å². The molecule has 0 aliphatic rings. The van der Waals surface area contributed by atoms with Gasteiger partial charge in [0.2, 0.25) is 0 Å². The predicted molar refractivity (Wildman–Crippen MR) is 75.7 cm³/mol. The van der Waals surface area contributed by atoms with Crippen LogP contribution in [0.5, 0.6) is 0 Å². The average Bonchev–Trinajstić information content (AvgIpc) is 2.29. The SMILES string of the molecule is Nc1nc(N)c(-c2cc(Cl)cc(Cl)c2Cl)nc1N. The fourth-order valence-electron chi connectivity index (χ4n) is 1.40. The summed E-state index contributed by atoms with van der Waals surface area (Å²) in [4.78, 5) is 7.92. The lowest BCUT2D eigenvalue weighted by molar-refractivity contribution is 1.23. The van der Waals surface area contributed by atoms with E-state index >= 15 is 0 Å². The molecule has 94 valence electrons. The Morgan fingerprint density at radius 3 is 2.11 bits per heavy atom. The zero-order chi connectivity index (χ0) is 13.4. The van der Waals surface area contributed by atoms with Crippen LogP contribution in [0.15, 0.2) is 12.1 Å². The van der Waals surface area contributed by atoms with E-state index in [1.54, 1.807) is 6.07 Å². The lowest BCUT2D eigenvalue weighted by Crippen LogP contribution is -2.06. The van der Waals surface area contributed by atoms with Crippen LogP contribution in [0.25, 0.3) is 11.3 Å². The van der Waals surface area contributed by atoms with E-state index in [1.165, 1.54) is 6.07 Å². The Hall–Kier alpha value is -1.43. The third kappa shape index (κ3) is 2.25. The van der Waals surface area contributed by atoms with Crippen molar-refractivity contribution in [2.45, 2.75) is 0 Å². The summed E-state index contributed by atoms with van der Waals surface area (Å²) in [6.07, 6.45) is 0. The molecule has 0 saturated carbocycles. The molecule has 0 radical (unpaired) electrons. The summed E-state index contributed by atoms with van der Waals surface area (Å²) in [5.41, 5.74) is 17.6. The van der Waals surface area contributed by atoms with Gasteiger partial charge in [-0.05, 0) is 12.1 Å². The fourth-order valence-corrected chi connectivity index (χ4v) is 2.09. The minimum absolute atomic E-state index is 0.0560. The Morgan fingerprint density at radius 2 is 1.44 bits per heavy atom. The second-order valence-electron chi connectivity index (χ2n) is 3.48. The summed E-state index contributed by atoms with van der Waals surface area (Å²) >= 11 is 17.9. The highest BCUT2D eigenvalue weighted by molar-refractivity contribution is 6.45. The zero-order valence-corrected chi connectivity index (χ0v) is 11.2. The van der Waals surface area contributed by atoms with Crippen LogP contribution < -0.4 is 17.2 Å². The van der Waals surface area contributed by atoms with Crippen LogP contribution in [0.3, 0.4) is 0 Å². The first-order chi connectivity index (χ1) is 8.40. The zero-order valence-electron chi connectivity index (χ0n) is 8.92. The van der Waals surface area contributed by atoms with Crippen LogP contribution in [0, 0.1) is 0 Å². The maximum absolute atomic E-state index is 6.08. The van der Waals surface area contributed by atoms with Crippen molar-refractivity contribution in [2.75, 3.05) is 17.2 Å². The molecular weight excluding hydrogens is 297 g/mol. The van der Waals surface area contributed by atoms with Crippen LogP contribution in [-0.2, 0) is 0 Å². The van der Waals surface area contributed by atoms with Crippen molar-refractivity contribution in [1.82, 2.24) is 9.97 Å². The number of hydrogen-bond donors (Lipinski definition) is 3. The first-order valence-electron chi connectivity index (χ1n) is 4.73. The summed E-state index contributed by atoms with van der Waals surface area (Å²) in [5, 5.41) is 0.956. The van der Waals surface area contributed by atoms with Crippen LogP contribution in [0.4, 0.5) is 17.5 Å². The molecule has 0 amide bonds. The molecule has 5 nitrogen and oxygen atoms in total. The molecule has 0 bridgehead atoms. The molecule has 0 unspecified atom stereocenters. The summed E-state index contributed by atoms with van der Waals surface area (Å²) in [7, 11) is 0. The molecule has 18 heavy (non-hydrogen) atoms. The number of nitrogens with zero attached hydrogens (tertiary/aromatic N) is 2. The Bertz CT molecular complexity index is 629. The summed E-state index contributed by atoms with van der Waals surface area (Å²) in [6.45, 7) is 0. The lowest BCUT2D eigenvalue weighted by Gasteiger charge is -2.10. The summed E-state index contributed by atoms with van der Waals surface area (Å²) < 4.78 is 0. The maximum atomic E-state index is 6.08. The van der Waals surface area contributed by atoms with Crippen molar-refractivity contribution in [3.05, 3.63) is 27.2 Å². The molecule has 1 heterocycles. The average molecular weight is 305 g/mol. The number of hydrogen-bond acceptors (Lipinski definition) is 5. The van der Waals surface area contributed by atoms with E-state index in [9.17, 15) is 0 Å². The molecule has 0 saturated heterocycles. The number of nitrogens with two attached hydrogens (primary N) is 3. The normalized spacial score (nSPS) is 10.6. The summed E-state index contributed by atoms with van der Waals surface area (Å²) in [5.74, 6) is 0.216. The quantitative estimate of drug-likeness (QED) is 0.703. The number of benzene rings is 1. The molecule has 2 rings (SSSR count). The largest absolute Gasteiger partial charge is 0.382 e. The maximum Gasteiger partial charge on any atom is 0.168 e. The monoisotopic (exact) mass is 303 g/mol. The van der Waals surface area contributed by atoms with E-state index in [2.05, 4.69) is 9.97 Å². The number of anilines is 3. The Balaban J connectivity index is 2.73. The number of rotatable bonds is 1. The minimum atomic E-state index is 0.0560. The van der Waals surface area contributed by atoms with Crippen molar-refractivity contribution in [2.24, 2.45) is 0 Å². The second-order valence-corrected chi connectivity index (χ2v) is 4.70. The van der Waals surface area contributed by atoms with Gasteiger partial charge in [-0.2, -0.15) is 0 Å². The minimum Gasteiger partial charge on any atom is -0.382 e. The van der Waals surface area contributed by atoms with Crippen molar-refractivity contribution in [3.63, 3.8) is 0 Å². The van der Waals surface area contributed by atoms with Crippen LogP contribution >= 0.6 is 34.8 Å². The topological polar surface area (TPSA) is 104 Å². The predicted octanol–water partition coefficient (Wildman–Crippen LogP) is 2.85. The highest BCUT2D eigenvalue weighted by Crippen LogP contribution is 2.38. The molecule has 8 heteroatoms. The van der Waals surface area contributed by atoms with E-state index < -0.39 is 0 Å². The number of aromatic nitrogens is 2. The van der Waals surface area contributed by atoms with Crippen LogP contribution in [0.1, 0.15) is 0 Å². The van der Waals surface area contributed by atoms with Gasteiger partial charge >= 0.3 is 0 Å². The Labute approximate surface area is 118 Å². The summed E-state index contributed by atoms with van der Waals surface area (Å²) in [6, 6.07) is 3.09. The van der Waals surface area contributed by atoms with Crippen molar-refractivity contribution >= 4 is 52.3 Å². The molecule has 0 atom stereocenters. The standard InChI is InChI=1S/C10H8Cl3N5/c11-3-1-4(6(13)5(12)2-3)7-8(14)18-10(16)9(15)17-7/h1-2H,(H2,15,17)(H4,14,16,18). The number of nitrogen functional groups attached to an aromatic ring is 3. The van der Waals surface area contributed by atoms with Gasteiger partial charge in [0, 0.05) is 10.6 Å². The Morgan fingerprint density at radius 1 is 0.833 bits per heavy atom. The highest BCUT2D eigenvalue weighted by Gasteiger charge is 2.15. The fraction of sp³-hybridized carbons (Fsp3) is 0. The smallest absolute Gasteiger partial charge is 0.168 e. The Kier molecular flexibility index (Phi) is 3.38. The first-order valence-corrected chi connectivity index (χ1v) is 5.87. The van der Waals surface area contributed by atoms with Crippen LogP contribution in [0.2, 0.25) is 15.1 Å². The van der Waals surface area contributed by atoms with E-state index in [1.807, 2.05) is 0 Å². The molecule has 0 aliphatic carbocycles. The van der Waals surface area contributed by atoms with Gasteiger partial charge in [0.05, 0.1) is 10.0 Å². The second kappa shape index (κ2) is 4.68. The molecule has 1 aromatic heterocycles. The van der Waals surface area contributed by atoms with Gasteiger partial charge in [-0.1, -0.05) is 34.8 Å². The van der Waals surface area contributed by atoms with Crippen molar-refractivity contribution in [1.29, 1.82) is 0 Å². The molecule has 2 aromatic rings. The lowest BCUT2D eigenvalue weighted by atomic mass is 10.1. The number of halogens is 3. The van der Waals surface area contributed by atoms with Gasteiger partial charge in [0.1, 0.15) is 5.69 Å². The molecule has 6 N–H and O–H groups in total. The van der Waals surface area contributed by atoms with Crippen molar-refractivity contribution in [3.8, 4) is 11.3 Å². The van der Waals surface area contributed by atoms with E-state index in [4.69, 9.17) is 52.0 Å². The first kappa shape index (κ1) is 13.0. The van der Waals surface area contributed by atoms with Gasteiger partial charge in [-0.25, -0.2) is 9.97 Å². The van der Waals surface area contributed by atoms with Gasteiger partial charge in [0.15, 0.2) is 17.5 Å². The third-order valence-corrected chi connectivity index (χ3v) is 3.25. The molecule has 0 fully saturated rings. The van der Waals surface area contributed by atoms with E-state index in [0.29, 0.717) is 10.6 Å². The highest BCUT2D eigenvalue weighted by atomic mass is 35.5. The van der Waals surface area contributed by atoms with E-state index in [0.717, 1.165) is 0 Å². The molecule has 0 spiro atoms. The van der Waals surface area contributed by atoms with Crippen LogP contribution in [-0.4, -0.2) is 9.97 Å². The molecular formula is C10H8Cl3N5. The third-order valence-electron chi connectivity index (χ3n) is 2.23. The molecule has 0 aliphatic heterocycles. The van der Waals surface area contributed by atoms with Gasteiger partial charge < -0.3 is 17.2 Å². The van der Waals surface area contributed by atoms with Gasteiger partial charge in [-0.15, -0.1) is 0 Å². The van der Waals surface area contributed by atoms with Gasteiger partial charge in [-0.3, -0.25) is 0 Å².